The van der Waals surface area contributed by atoms with Gasteiger partial charge in [0.2, 0.25) is 5.78 Å². The van der Waals surface area contributed by atoms with Gasteiger partial charge in [-0.3, -0.25) is 9.59 Å². The number of aryl methyl sites for hydroxylation is 1. The van der Waals surface area contributed by atoms with Crippen LogP contribution < -0.4 is 4.74 Å². The third-order valence-corrected chi connectivity index (χ3v) is 8.11. The number of Topliss-reactive ketones (excluding diaryl/α,β-unsaturated/α-hetero) is 1. The van der Waals surface area contributed by atoms with Gasteiger partial charge in [0.05, 0.1) is 35.0 Å². The molecule has 0 fully saturated rings. The molecule has 0 radical (unpaired) electrons. The van der Waals surface area contributed by atoms with Gasteiger partial charge in [-0.05, 0) is 42.3 Å². The lowest BCUT2D eigenvalue weighted by Gasteiger charge is -2.26. The number of aliphatic hydroxyl groups excluding tert-OH is 1. The van der Waals surface area contributed by atoms with Crippen molar-refractivity contribution in [3.8, 4) is 16.3 Å². The molecule has 0 bridgehead atoms. The fourth-order valence-corrected chi connectivity index (χ4v) is 5.94. The first-order valence-corrected chi connectivity index (χ1v) is 13.9. The Kier molecular flexibility index (Phi) is 7.22. The summed E-state index contributed by atoms with van der Waals surface area (Å²) in [5.74, 6) is -0.542. The van der Waals surface area contributed by atoms with E-state index in [0.717, 1.165) is 11.1 Å². The van der Waals surface area contributed by atoms with Crippen LogP contribution >= 0.6 is 11.3 Å². The highest BCUT2D eigenvalue weighted by Crippen LogP contribution is 2.42. The lowest BCUT2D eigenvalue weighted by molar-refractivity contribution is -0.130. The topological polar surface area (TPSA) is 92.9 Å². The maximum atomic E-state index is 14.1. The van der Waals surface area contributed by atoms with Gasteiger partial charge in [0.25, 0.3) is 5.91 Å². The van der Waals surface area contributed by atoms with Crippen molar-refractivity contribution < 1.29 is 23.8 Å². The Bertz CT molecular complexity index is 1730. The van der Waals surface area contributed by atoms with E-state index >= 15 is 0 Å². The second-order valence-electron chi connectivity index (χ2n) is 9.65. The maximum absolute atomic E-state index is 14.1. The van der Waals surface area contributed by atoms with Crippen molar-refractivity contribution in [2.75, 3.05) is 0 Å². The zero-order valence-corrected chi connectivity index (χ0v) is 23.0. The van der Waals surface area contributed by atoms with Crippen LogP contribution in [0, 0.1) is 6.92 Å². The molecule has 8 heteroatoms. The molecule has 1 amide bonds. The molecule has 1 atom stereocenters. The summed E-state index contributed by atoms with van der Waals surface area (Å²) >= 11 is 1.24. The summed E-state index contributed by atoms with van der Waals surface area (Å²) in [7, 11) is 0. The Hall–Kier alpha value is -4.95. The minimum atomic E-state index is -0.859. The molecule has 204 valence electrons. The summed E-state index contributed by atoms with van der Waals surface area (Å²) in [4.78, 5) is 34.0. The Morgan fingerprint density at radius 2 is 1.76 bits per heavy atom. The molecule has 1 aliphatic heterocycles. The number of aromatic nitrogens is 1. The molecule has 0 saturated heterocycles. The van der Waals surface area contributed by atoms with E-state index in [1.165, 1.54) is 22.5 Å². The standard InChI is InChI=1S/C33H26N2O5S/c1-21-31(41-32(34-21)23-12-6-3-7-13-23)29(36)27-28(35(33(38)30(27)37)19-26-16-9-17-39-26)24-14-8-15-25(18-24)40-20-22-10-4-2-5-11-22/h2-18,28,37H,19-20H2,1H3. The van der Waals surface area contributed by atoms with Gasteiger partial charge in [-0.1, -0.05) is 72.8 Å². The number of nitrogens with zero attached hydrogens (tertiary/aromatic N) is 2. The summed E-state index contributed by atoms with van der Waals surface area (Å²) in [6.07, 6.45) is 1.52. The molecule has 6 rings (SSSR count). The van der Waals surface area contributed by atoms with Gasteiger partial charge >= 0.3 is 0 Å². The zero-order valence-electron chi connectivity index (χ0n) is 22.2. The van der Waals surface area contributed by atoms with Crippen LogP contribution in [0.4, 0.5) is 0 Å². The summed E-state index contributed by atoms with van der Waals surface area (Å²) in [6, 6.07) is 29.3. The number of aliphatic hydroxyl groups is 1. The zero-order chi connectivity index (χ0) is 28.3. The van der Waals surface area contributed by atoms with E-state index in [1.807, 2.05) is 78.9 Å². The van der Waals surface area contributed by atoms with Crippen molar-refractivity contribution in [1.29, 1.82) is 0 Å². The van der Waals surface area contributed by atoms with Crippen LogP contribution in [0.15, 0.2) is 119 Å². The predicted octanol–water partition coefficient (Wildman–Crippen LogP) is 7.07. The van der Waals surface area contributed by atoms with Crippen LogP contribution in [0.25, 0.3) is 10.6 Å². The molecule has 41 heavy (non-hydrogen) atoms. The predicted molar refractivity (Wildman–Crippen MR) is 155 cm³/mol. The minimum absolute atomic E-state index is 0.00753. The first-order chi connectivity index (χ1) is 20.0. The number of thiazole rings is 1. The summed E-state index contributed by atoms with van der Waals surface area (Å²) in [5, 5.41) is 11.8. The number of hydrogen-bond acceptors (Lipinski definition) is 7. The van der Waals surface area contributed by atoms with Gasteiger partial charge in [-0.2, -0.15) is 0 Å². The van der Waals surface area contributed by atoms with Crippen LogP contribution in [-0.2, 0) is 17.9 Å². The highest BCUT2D eigenvalue weighted by atomic mass is 32.1. The number of carbonyl (C=O) groups excluding carboxylic acids is 2. The number of ether oxygens (including phenoxy) is 1. The fraction of sp³-hybridized carbons (Fsp3) is 0.121. The molecule has 0 aliphatic carbocycles. The second-order valence-corrected chi connectivity index (χ2v) is 10.7. The Morgan fingerprint density at radius 3 is 2.49 bits per heavy atom. The van der Waals surface area contributed by atoms with Crippen LogP contribution in [0.1, 0.15) is 38.3 Å². The van der Waals surface area contributed by atoms with Crippen molar-refractivity contribution >= 4 is 23.0 Å². The van der Waals surface area contributed by atoms with Crippen molar-refractivity contribution in [2.45, 2.75) is 26.1 Å². The van der Waals surface area contributed by atoms with Gasteiger partial charge < -0.3 is 19.2 Å². The molecule has 3 heterocycles. The van der Waals surface area contributed by atoms with Gasteiger partial charge in [-0.15, -0.1) is 11.3 Å². The Morgan fingerprint density at radius 1 is 1.00 bits per heavy atom. The highest BCUT2D eigenvalue weighted by Gasteiger charge is 2.45. The summed E-state index contributed by atoms with van der Waals surface area (Å²) in [5.41, 5.74) is 3.08. The molecule has 2 aromatic heterocycles. The molecular weight excluding hydrogens is 536 g/mol. The number of hydrogen-bond donors (Lipinski definition) is 1. The molecule has 3 aromatic carbocycles. The number of furan rings is 1. The van der Waals surface area contributed by atoms with Crippen molar-refractivity contribution in [3.05, 3.63) is 142 Å². The number of carbonyl (C=O) groups is 2. The lowest BCUT2D eigenvalue weighted by Crippen LogP contribution is -2.30. The third kappa shape index (κ3) is 5.29. The molecule has 0 saturated carbocycles. The number of benzene rings is 3. The SMILES string of the molecule is Cc1nc(-c2ccccc2)sc1C(=O)C1=C(O)C(=O)N(Cc2ccco2)C1c1cccc(OCc2ccccc2)c1. The Balaban J connectivity index is 1.37. The van der Waals surface area contributed by atoms with Crippen molar-refractivity contribution in [1.82, 2.24) is 9.88 Å². The van der Waals surface area contributed by atoms with Crippen LogP contribution in [0.5, 0.6) is 5.75 Å². The lowest BCUT2D eigenvalue weighted by atomic mass is 9.95. The van der Waals surface area contributed by atoms with E-state index in [-0.39, 0.29) is 12.1 Å². The molecule has 1 N–H and O–H groups in total. The molecule has 7 nitrogen and oxygen atoms in total. The van der Waals surface area contributed by atoms with E-state index < -0.39 is 23.5 Å². The minimum Gasteiger partial charge on any atom is -0.503 e. The van der Waals surface area contributed by atoms with E-state index in [1.54, 1.807) is 25.1 Å². The molecular formula is C33H26N2O5S. The van der Waals surface area contributed by atoms with Crippen molar-refractivity contribution in [3.63, 3.8) is 0 Å². The van der Waals surface area contributed by atoms with E-state index in [4.69, 9.17) is 9.15 Å². The first-order valence-electron chi connectivity index (χ1n) is 13.1. The normalized spacial score (nSPS) is 15.0. The number of amides is 1. The quantitative estimate of drug-likeness (QED) is 0.193. The van der Waals surface area contributed by atoms with Gasteiger partial charge in [0.1, 0.15) is 23.1 Å². The Labute approximate surface area is 241 Å². The van der Waals surface area contributed by atoms with Crippen LogP contribution in [-0.4, -0.2) is 26.7 Å². The number of ketones is 1. The van der Waals surface area contributed by atoms with Gasteiger partial charge in [0.15, 0.2) is 5.76 Å². The average Bonchev–Trinajstić information content (AvgIpc) is 3.73. The van der Waals surface area contributed by atoms with Gasteiger partial charge in [-0.25, -0.2) is 4.98 Å². The summed E-state index contributed by atoms with van der Waals surface area (Å²) in [6.45, 7) is 2.20. The van der Waals surface area contributed by atoms with E-state index in [0.29, 0.717) is 39.3 Å². The molecule has 0 spiro atoms. The second kappa shape index (κ2) is 11.3. The monoisotopic (exact) mass is 562 g/mol. The van der Waals surface area contributed by atoms with E-state index in [9.17, 15) is 14.7 Å². The summed E-state index contributed by atoms with van der Waals surface area (Å²) < 4.78 is 11.6. The molecule has 1 unspecified atom stereocenters. The average molecular weight is 563 g/mol. The maximum Gasteiger partial charge on any atom is 0.290 e. The third-order valence-electron chi connectivity index (χ3n) is 6.90. The largest absolute Gasteiger partial charge is 0.503 e. The van der Waals surface area contributed by atoms with Crippen molar-refractivity contribution in [2.24, 2.45) is 0 Å². The molecule has 1 aliphatic rings. The first kappa shape index (κ1) is 26.3. The fourth-order valence-electron chi connectivity index (χ4n) is 4.91. The highest BCUT2D eigenvalue weighted by molar-refractivity contribution is 7.17. The van der Waals surface area contributed by atoms with Crippen LogP contribution in [0.3, 0.4) is 0 Å². The van der Waals surface area contributed by atoms with E-state index in [2.05, 4.69) is 4.98 Å². The van der Waals surface area contributed by atoms with Crippen LogP contribution in [0.2, 0.25) is 0 Å². The number of rotatable bonds is 9. The smallest absolute Gasteiger partial charge is 0.290 e. The van der Waals surface area contributed by atoms with Gasteiger partial charge in [0, 0.05) is 5.56 Å². The molecule has 5 aromatic rings.